The number of halogens is 5. The van der Waals surface area contributed by atoms with Crippen LogP contribution in [0.5, 0.6) is 5.75 Å². The van der Waals surface area contributed by atoms with Gasteiger partial charge in [0.2, 0.25) is 15.9 Å². The van der Waals surface area contributed by atoms with Gasteiger partial charge in [0.1, 0.15) is 17.5 Å². The highest BCUT2D eigenvalue weighted by Gasteiger charge is 2.41. The Bertz CT molecular complexity index is 1720. The summed E-state index contributed by atoms with van der Waals surface area (Å²) >= 11 is 0. The van der Waals surface area contributed by atoms with E-state index < -0.39 is 76.4 Å². The lowest BCUT2D eigenvalue weighted by atomic mass is 10.0. The molecule has 3 amide bonds. The van der Waals surface area contributed by atoms with Crippen molar-refractivity contribution >= 4 is 33.6 Å². The van der Waals surface area contributed by atoms with Crippen LogP contribution in [0.1, 0.15) is 35.0 Å². The normalized spacial score (nSPS) is 16.0. The van der Waals surface area contributed by atoms with Crippen LogP contribution >= 0.6 is 0 Å². The number of alkyl halides is 5. The number of aromatic carboxylic acids is 1. The molecule has 3 aromatic rings. The molecule has 0 bridgehead atoms. The van der Waals surface area contributed by atoms with Gasteiger partial charge in [-0.05, 0) is 42.0 Å². The molecule has 0 radical (unpaired) electrons. The molecule has 3 N–H and O–H groups in total. The van der Waals surface area contributed by atoms with Crippen LogP contribution < -0.4 is 15.4 Å². The third-order valence-electron chi connectivity index (χ3n) is 7.10. The number of aromatic nitrogens is 1. The van der Waals surface area contributed by atoms with E-state index in [9.17, 15) is 44.8 Å². The van der Waals surface area contributed by atoms with Crippen LogP contribution in [0.15, 0.2) is 71.8 Å². The van der Waals surface area contributed by atoms with Crippen molar-refractivity contribution in [3.05, 3.63) is 83.7 Å². The van der Waals surface area contributed by atoms with E-state index in [1.54, 1.807) is 0 Å². The van der Waals surface area contributed by atoms with Crippen LogP contribution in [0.2, 0.25) is 0 Å². The quantitative estimate of drug-likeness (QED) is 0.265. The number of carboxylic acids is 1. The number of pyridine rings is 1. The summed E-state index contributed by atoms with van der Waals surface area (Å²) in [5.74, 6) is -5.92. The molecule has 0 saturated carbocycles. The lowest BCUT2D eigenvalue weighted by molar-refractivity contribution is -0.274. The van der Waals surface area contributed by atoms with Crippen LogP contribution in [0.3, 0.4) is 0 Å². The summed E-state index contributed by atoms with van der Waals surface area (Å²) in [6.07, 6.45) is -4.27. The third kappa shape index (κ3) is 8.70. The summed E-state index contributed by atoms with van der Waals surface area (Å²) in [7, 11) is -4.53. The van der Waals surface area contributed by atoms with Crippen LogP contribution in [0.25, 0.3) is 0 Å². The minimum atomic E-state index is -5.01. The fourth-order valence-electron chi connectivity index (χ4n) is 4.61. The van der Waals surface area contributed by atoms with Gasteiger partial charge in [-0.25, -0.2) is 31.8 Å². The molecule has 47 heavy (non-hydrogen) atoms. The Balaban J connectivity index is 1.56. The zero-order chi connectivity index (χ0) is 34.6. The van der Waals surface area contributed by atoms with Crippen molar-refractivity contribution in [2.24, 2.45) is 0 Å². The number of nitrogens with one attached hydrogen (secondary N) is 2. The molecule has 1 fully saturated rings. The smallest absolute Gasteiger partial charge is 0.477 e. The van der Waals surface area contributed by atoms with E-state index in [2.05, 4.69) is 20.4 Å². The van der Waals surface area contributed by atoms with Crippen LogP contribution in [0.4, 0.5) is 32.4 Å². The number of carboxylic acid groups (broad SMARTS) is 1. The zero-order valence-electron chi connectivity index (χ0n) is 24.5. The Morgan fingerprint density at radius 1 is 1.00 bits per heavy atom. The molecule has 2 heterocycles. The first-order valence-electron chi connectivity index (χ1n) is 13.9. The number of hydrogen-bond donors (Lipinski definition) is 3. The highest BCUT2D eigenvalue weighted by molar-refractivity contribution is 7.89. The molecule has 0 aliphatic carbocycles. The fraction of sp³-hybridized carbons (Fsp3) is 0.310. The molecule has 18 heteroatoms. The van der Waals surface area contributed by atoms with Gasteiger partial charge in [0.25, 0.3) is 5.92 Å². The number of benzene rings is 2. The van der Waals surface area contributed by atoms with Gasteiger partial charge in [-0.15, -0.1) is 13.2 Å². The SMILES string of the molecule is CCC(F)(F)c1ccc(CNC(=O)[C@H]2CN(C(=O)Nc3ccnc(C(=O)O)c3)CCN2S(=O)(=O)c2ccc(OC(F)(F)F)cc2)cc1. The van der Waals surface area contributed by atoms with E-state index in [1.165, 1.54) is 37.3 Å². The molecule has 1 saturated heterocycles. The van der Waals surface area contributed by atoms with Crippen molar-refractivity contribution in [3.8, 4) is 5.75 Å². The monoisotopic (exact) mass is 685 g/mol. The predicted octanol–water partition coefficient (Wildman–Crippen LogP) is 4.40. The van der Waals surface area contributed by atoms with Crippen LogP contribution in [-0.4, -0.2) is 77.7 Å². The molecular weight excluding hydrogens is 657 g/mol. The van der Waals surface area contributed by atoms with Gasteiger partial charge >= 0.3 is 18.4 Å². The van der Waals surface area contributed by atoms with Gasteiger partial charge in [-0.3, -0.25) is 4.79 Å². The molecule has 2 aromatic carbocycles. The van der Waals surface area contributed by atoms with E-state index in [0.717, 1.165) is 45.7 Å². The Morgan fingerprint density at radius 2 is 1.66 bits per heavy atom. The number of urea groups is 1. The molecule has 0 spiro atoms. The number of anilines is 1. The van der Waals surface area contributed by atoms with Crippen molar-refractivity contribution in [2.75, 3.05) is 25.0 Å². The summed E-state index contributed by atoms with van der Waals surface area (Å²) in [5, 5.41) is 14.2. The summed E-state index contributed by atoms with van der Waals surface area (Å²) in [6.45, 7) is 0.0213. The minimum absolute atomic E-state index is 0.0664. The molecule has 4 rings (SSSR count). The maximum Gasteiger partial charge on any atom is 0.573 e. The number of carbonyl (C=O) groups is 3. The highest BCUT2D eigenvalue weighted by atomic mass is 32.2. The Hall–Kier alpha value is -4.84. The summed E-state index contributed by atoms with van der Waals surface area (Å²) in [6, 6.07) is 8.59. The van der Waals surface area contributed by atoms with Gasteiger partial charge < -0.3 is 25.4 Å². The van der Waals surface area contributed by atoms with E-state index in [0.29, 0.717) is 5.56 Å². The van der Waals surface area contributed by atoms with Gasteiger partial charge in [-0.1, -0.05) is 31.2 Å². The number of amides is 3. The summed E-state index contributed by atoms with van der Waals surface area (Å²) < 4.78 is 97.6. The average molecular weight is 686 g/mol. The molecule has 0 unspecified atom stereocenters. The number of ether oxygens (including phenoxy) is 1. The molecule has 1 aliphatic rings. The molecule has 1 aromatic heterocycles. The van der Waals surface area contributed by atoms with Gasteiger partial charge in [-0.2, -0.15) is 4.31 Å². The van der Waals surface area contributed by atoms with Crippen LogP contribution in [-0.2, 0) is 27.3 Å². The van der Waals surface area contributed by atoms with E-state index in [1.807, 2.05) is 0 Å². The topological polar surface area (TPSA) is 158 Å². The Labute approximate surface area is 265 Å². The Morgan fingerprint density at radius 3 is 2.26 bits per heavy atom. The van der Waals surface area contributed by atoms with Crippen LogP contribution in [0, 0.1) is 0 Å². The van der Waals surface area contributed by atoms with E-state index in [-0.39, 0.29) is 30.0 Å². The molecule has 1 aliphatic heterocycles. The lowest BCUT2D eigenvalue weighted by Crippen LogP contribution is -2.61. The second-order valence-electron chi connectivity index (χ2n) is 10.2. The predicted molar refractivity (Wildman–Crippen MR) is 155 cm³/mol. The van der Waals surface area contributed by atoms with Crippen molar-refractivity contribution in [1.29, 1.82) is 0 Å². The average Bonchev–Trinajstić information content (AvgIpc) is 3.03. The first kappa shape index (κ1) is 35.0. The third-order valence-corrected chi connectivity index (χ3v) is 9.02. The fourth-order valence-corrected chi connectivity index (χ4v) is 6.18. The maximum atomic E-state index is 14.0. The molecule has 1 atom stereocenters. The van der Waals surface area contributed by atoms with Crippen molar-refractivity contribution in [3.63, 3.8) is 0 Å². The number of piperazine rings is 1. The molecule has 12 nitrogen and oxygen atoms in total. The van der Waals surface area contributed by atoms with E-state index in [4.69, 9.17) is 5.11 Å². The number of rotatable bonds is 10. The van der Waals surface area contributed by atoms with Gasteiger partial charge in [0, 0.05) is 50.0 Å². The second kappa shape index (κ2) is 13.9. The number of carbonyl (C=O) groups excluding carboxylic acids is 2. The summed E-state index contributed by atoms with van der Waals surface area (Å²) in [5.41, 5.74) is -0.0932. The first-order valence-corrected chi connectivity index (χ1v) is 15.3. The number of hydrogen-bond acceptors (Lipinski definition) is 7. The molecule has 252 valence electrons. The van der Waals surface area contributed by atoms with Crippen molar-refractivity contribution in [2.45, 2.75) is 43.1 Å². The second-order valence-corrected chi connectivity index (χ2v) is 12.1. The van der Waals surface area contributed by atoms with Crippen molar-refractivity contribution < 1.29 is 54.6 Å². The zero-order valence-corrected chi connectivity index (χ0v) is 25.3. The standard InChI is InChI=1S/C29H28F5N5O7S/c1-2-28(30,31)19-5-3-18(4-6-19)16-36-25(40)24-17-38(27(43)37-20-11-12-35-23(15-20)26(41)42)13-14-39(24)47(44,45)22-9-7-21(8-10-22)46-29(32,33)34/h3-12,15,24H,2,13-14,16-17H2,1H3,(H,36,40)(H,41,42)(H,35,37,43)/t24-/m1/s1. The Kier molecular flexibility index (Phi) is 10.3. The van der Waals surface area contributed by atoms with E-state index >= 15 is 0 Å². The highest BCUT2D eigenvalue weighted by Crippen LogP contribution is 2.31. The number of nitrogens with zero attached hydrogens (tertiary/aromatic N) is 3. The van der Waals surface area contributed by atoms with Gasteiger partial charge in [0.05, 0.1) is 4.90 Å². The lowest BCUT2D eigenvalue weighted by Gasteiger charge is -2.39. The first-order chi connectivity index (χ1) is 22.0. The van der Waals surface area contributed by atoms with Crippen molar-refractivity contribution in [1.82, 2.24) is 19.5 Å². The minimum Gasteiger partial charge on any atom is -0.477 e. The summed E-state index contributed by atoms with van der Waals surface area (Å²) in [4.78, 5) is 42.1. The largest absolute Gasteiger partial charge is 0.573 e. The number of sulfonamides is 1. The van der Waals surface area contributed by atoms with Gasteiger partial charge in [0.15, 0.2) is 0 Å². The molecular formula is C29H28F5N5O7S. The maximum absolute atomic E-state index is 14.0.